The van der Waals surface area contributed by atoms with Gasteiger partial charge in [0.15, 0.2) is 6.17 Å². The van der Waals surface area contributed by atoms with Crippen LogP contribution in [-0.2, 0) is 0 Å². The second-order valence-electron chi connectivity index (χ2n) is 6.61. The van der Waals surface area contributed by atoms with Crippen molar-refractivity contribution in [1.82, 2.24) is 9.80 Å². The molecule has 4 nitrogen and oxygen atoms in total. The molecule has 2 rings (SSSR count). The molecular weight excluding hydrogens is 243 g/mol. The summed E-state index contributed by atoms with van der Waals surface area (Å²) in [6.45, 7) is 11.7. The molecule has 0 aromatic rings. The van der Waals surface area contributed by atoms with Crippen molar-refractivity contribution in [2.45, 2.75) is 39.9 Å². The van der Waals surface area contributed by atoms with Crippen LogP contribution in [0.25, 0.3) is 0 Å². The Labute approximate surface area is 115 Å². The summed E-state index contributed by atoms with van der Waals surface area (Å²) in [5, 5.41) is 0. The van der Waals surface area contributed by atoms with E-state index in [4.69, 9.17) is 0 Å². The number of aliphatic imine (C=N–C) groups is 2. The van der Waals surface area contributed by atoms with E-state index >= 15 is 0 Å². The van der Waals surface area contributed by atoms with E-state index in [0.29, 0.717) is 5.84 Å². The van der Waals surface area contributed by atoms with Gasteiger partial charge in [-0.1, -0.05) is 20.8 Å². The summed E-state index contributed by atoms with van der Waals surface area (Å²) < 4.78 is 14.4. The van der Waals surface area contributed by atoms with E-state index < -0.39 is 6.17 Å². The van der Waals surface area contributed by atoms with Gasteiger partial charge in [-0.25, -0.2) is 9.38 Å². The molecule has 0 aliphatic carbocycles. The van der Waals surface area contributed by atoms with Gasteiger partial charge in [0.25, 0.3) is 0 Å². The van der Waals surface area contributed by atoms with E-state index in [2.05, 4.69) is 47.6 Å². The zero-order valence-corrected chi connectivity index (χ0v) is 12.6. The molecule has 2 aliphatic heterocycles. The van der Waals surface area contributed by atoms with Gasteiger partial charge >= 0.3 is 0 Å². The van der Waals surface area contributed by atoms with E-state index in [0.717, 1.165) is 32.0 Å². The van der Waals surface area contributed by atoms with Crippen molar-refractivity contribution in [1.29, 1.82) is 0 Å². The Morgan fingerprint density at radius 1 is 1.16 bits per heavy atom. The molecule has 0 aromatic heterocycles. The predicted octanol–water partition coefficient (Wildman–Crippen LogP) is 1.82. The van der Waals surface area contributed by atoms with Crippen LogP contribution in [0.15, 0.2) is 9.98 Å². The summed E-state index contributed by atoms with van der Waals surface area (Å²) >= 11 is 0. The molecule has 1 saturated heterocycles. The van der Waals surface area contributed by atoms with Gasteiger partial charge in [-0.3, -0.25) is 4.99 Å². The zero-order chi connectivity index (χ0) is 14.2. The minimum Gasteiger partial charge on any atom is -0.355 e. The lowest BCUT2D eigenvalue weighted by Gasteiger charge is -2.38. The number of amidine groups is 2. The third-order valence-electron chi connectivity index (χ3n) is 3.71. The van der Waals surface area contributed by atoms with E-state index in [-0.39, 0.29) is 11.5 Å². The molecule has 2 aliphatic rings. The van der Waals surface area contributed by atoms with Crippen molar-refractivity contribution < 1.29 is 4.39 Å². The lowest BCUT2D eigenvalue weighted by Crippen LogP contribution is -2.52. The average Bonchev–Trinajstić information content (AvgIpc) is 2.32. The average molecular weight is 268 g/mol. The standard InChI is InChI=1S/C14H25FN4/c1-10-11(15)12(17-13(16-10)14(2,3)4)19-8-6-18(5)7-9-19/h10-11H,6-9H2,1-5H3. The summed E-state index contributed by atoms with van der Waals surface area (Å²) in [6, 6.07) is -0.332. The van der Waals surface area contributed by atoms with Crippen LogP contribution in [0.4, 0.5) is 4.39 Å². The molecule has 2 heterocycles. The Kier molecular flexibility index (Phi) is 3.95. The molecule has 19 heavy (non-hydrogen) atoms. The lowest BCUT2D eigenvalue weighted by atomic mass is 9.93. The van der Waals surface area contributed by atoms with Crippen molar-refractivity contribution in [3.05, 3.63) is 0 Å². The van der Waals surface area contributed by atoms with Gasteiger partial charge in [0.2, 0.25) is 0 Å². The molecule has 0 aromatic carbocycles. The second kappa shape index (κ2) is 5.19. The van der Waals surface area contributed by atoms with Crippen molar-refractivity contribution >= 4 is 11.7 Å². The van der Waals surface area contributed by atoms with Crippen molar-refractivity contribution in [3.63, 3.8) is 0 Å². The lowest BCUT2D eigenvalue weighted by molar-refractivity contribution is 0.201. The van der Waals surface area contributed by atoms with Gasteiger partial charge < -0.3 is 9.80 Å². The number of piperazine rings is 1. The molecule has 5 heteroatoms. The van der Waals surface area contributed by atoms with Gasteiger partial charge in [0.05, 0.1) is 6.04 Å². The minimum atomic E-state index is -1.07. The number of halogens is 1. The van der Waals surface area contributed by atoms with Crippen LogP contribution < -0.4 is 0 Å². The first kappa shape index (κ1) is 14.4. The number of hydrogen-bond donors (Lipinski definition) is 0. The highest BCUT2D eigenvalue weighted by atomic mass is 19.1. The van der Waals surface area contributed by atoms with E-state index in [1.54, 1.807) is 0 Å². The highest BCUT2D eigenvalue weighted by Crippen LogP contribution is 2.24. The van der Waals surface area contributed by atoms with Gasteiger partial charge in [-0.05, 0) is 14.0 Å². The van der Waals surface area contributed by atoms with Crippen molar-refractivity contribution in [2.75, 3.05) is 33.2 Å². The summed E-state index contributed by atoms with van der Waals surface area (Å²) in [5.74, 6) is 1.35. The summed E-state index contributed by atoms with van der Waals surface area (Å²) in [5.41, 5.74) is -0.133. The molecule has 0 saturated carbocycles. The van der Waals surface area contributed by atoms with Gasteiger partial charge in [0.1, 0.15) is 11.7 Å². The van der Waals surface area contributed by atoms with Gasteiger partial charge in [-0.15, -0.1) is 0 Å². The first-order chi connectivity index (χ1) is 8.79. The van der Waals surface area contributed by atoms with Crippen LogP contribution in [0.3, 0.4) is 0 Å². The van der Waals surface area contributed by atoms with Gasteiger partial charge in [0, 0.05) is 31.6 Å². The van der Waals surface area contributed by atoms with Crippen LogP contribution >= 0.6 is 0 Å². The molecule has 0 radical (unpaired) electrons. The fraction of sp³-hybridized carbons (Fsp3) is 0.857. The smallest absolute Gasteiger partial charge is 0.179 e. The zero-order valence-electron chi connectivity index (χ0n) is 12.6. The quantitative estimate of drug-likeness (QED) is 0.671. The normalized spacial score (nSPS) is 30.1. The molecule has 108 valence electrons. The molecule has 0 N–H and O–H groups in total. The Hall–Kier alpha value is -0.970. The number of nitrogens with zero attached hydrogens (tertiary/aromatic N) is 4. The Morgan fingerprint density at radius 3 is 2.26 bits per heavy atom. The maximum absolute atomic E-state index is 14.4. The molecule has 0 bridgehead atoms. The third kappa shape index (κ3) is 3.14. The molecule has 0 amide bonds. The number of likely N-dealkylation sites (N-methyl/N-ethyl adjacent to an activating group) is 1. The number of rotatable bonds is 0. The number of alkyl halides is 1. The highest BCUT2D eigenvalue weighted by Gasteiger charge is 2.34. The Balaban J connectivity index is 2.22. The second-order valence-corrected chi connectivity index (χ2v) is 6.61. The minimum absolute atomic E-state index is 0.133. The maximum Gasteiger partial charge on any atom is 0.179 e. The molecule has 2 unspecified atom stereocenters. The van der Waals surface area contributed by atoms with Gasteiger partial charge in [-0.2, -0.15) is 0 Å². The van der Waals surface area contributed by atoms with Crippen molar-refractivity contribution in [3.8, 4) is 0 Å². The fourth-order valence-electron chi connectivity index (χ4n) is 2.32. The monoisotopic (exact) mass is 268 g/mol. The van der Waals surface area contributed by atoms with E-state index in [9.17, 15) is 4.39 Å². The molecule has 1 fully saturated rings. The van der Waals surface area contributed by atoms with Crippen LogP contribution in [0.2, 0.25) is 0 Å². The van der Waals surface area contributed by atoms with Crippen LogP contribution in [0.1, 0.15) is 27.7 Å². The topological polar surface area (TPSA) is 31.2 Å². The third-order valence-corrected chi connectivity index (χ3v) is 3.71. The highest BCUT2D eigenvalue weighted by molar-refractivity contribution is 6.03. The summed E-state index contributed by atoms with van der Waals surface area (Å²) in [4.78, 5) is 13.3. The first-order valence-electron chi connectivity index (χ1n) is 7.03. The fourth-order valence-corrected chi connectivity index (χ4v) is 2.32. The van der Waals surface area contributed by atoms with E-state index in [1.165, 1.54) is 0 Å². The van der Waals surface area contributed by atoms with Crippen molar-refractivity contribution in [2.24, 2.45) is 15.4 Å². The Morgan fingerprint density at radius 2 is 1.74 bits per heavy atom. The largest absolute Gasteiger partial charge is 0.355 e. The predicted molar refractivity (Wildman–Crippen MR) is 77.8 cm³/mol. The van der Waals surface area contributed by atoms with Crippen LogP contribution in [0.5, 0.6) is 0 Å². The van der Waals surface area contributed by atoms with E-state index in [1.807, 2.05) is 6.92 Å². The molecule has 0 spiro atoms. The first-order valence-corrected chi connectivity index (χ1v) is 7.03. The Bertz CT molecular complexity index is 389. The SMILES string of the molecule is CC1N=C(C(C)(C)C)N=C(N2CCN(C)CC2)C1F. The molecular formula is C14H25FN4. The van der Waals surface area contributed by atoms with Crippen LogP contribution in [0, 0.1) is 5.41 Å². The number of hydrogen-bond acceptors (Lipinski definition) is 4. The summed E-state index contributed by atoms with van der Waals surface area (Å²) in [6.07, 6.45) is -1.07. The summed E-state index contributed by atoms with van der Waals surface area (Å²) in [7, 11) is 2.09. The maximum atomic E-state index is 14.4. The molecule has 2 atom stereocenters. The van der Waals surface area contributed by atoms with Crippen LogP contribution in [-0.4, -0.2) is 66.9 Å².